The number of hydrogen-bond acceptors (Lipinski definition) is 2. The minimum absolute atomic E-state index is 0.329. The number of carbonyl (C=O) groups excluding carboxylic acids is 2. The van der Waals surface area contributed by atoms with E-state index in [0.29, 0.717) is 12.3 Å². The smallest absolute Gasteiger partial charge is 0.236 e. The Bertz CT molecular complexity index is 237. The quantitative estimate of drug-likeness (QED) is 0.489. The molecule has 0 aromatic heterocycles. The molecule has 0 heterocycles. The molecule has 0 aliphatic rings. The third-order valence-corrected chi connectivity index (χ3v) is 3.94. The zero-order chi connectivity index (χ0) is 12.8. The van der Waals surface area contributed by atoms with E-state index in [9.17, 15) is 9.59 Å². The summed E-state index contributed by atoms with van der Waals surface area (Å²) in [6.45, 7) is 5.70. The first kappa shape index (κ1) is 15.9. The summed E-state index contributed by atoms with van der Waals surface area (Å²) in [4.78, 5) is 22.6. The normalized spacial score (nSPS) is 13.6. The van der Waals surface area contributed by atoms with Gasteiger partial charge in [0, 0.05) is 0 Å². The van der Waals surface area contributed by atoms with E-state index in [-0.39, 0.29) is 0 Å². The number of hydrogen-bond donors (Lipinski definition) is 0. The third-order valence-electron chi connectivity index (χ3n) is 3.11. The van der Waals surface area contributed by atoms with Gasteiger partial charge < -0.3 is 0 Å². The maximum atomic E-state index is 11.3. The number of rotatable bonds is 8. The maximum absolute atomic E-state index is 11.3. The van der Waals surface area contributed by atoms with Gasteiger partial charge in [0.2, 0.25) is 10.5 Å². The van der Waals surface area contributed by atoms with Crippen LogP contribution in [0.1, 0.15) is 52.9 Å². The lowest BCUT2D eigenvalue weighted by Gasteiger charge is -2.26. The van der Waals surface area contributed by atoms with Crippen LogP contribution in [0.25, 0.3) is 0 Å². The van der Waals surface area contributed by atoms with Crippen molar-refractivity contribution in [3.8, 4) is 0 Å². The highest BCUT2D eigenvalue weighted by molar-refractivity contribution is 6.74. The van der Waals surface area contributed by atoms with E-state index < -0.39 is 15.9 Å². The molecule has 0 radical (unpaired) electrons. The number of carbonyl (C=O) groups is 2. The summed E-state index contributed by atoms with van der Waals surface area (Å²) in [5.74, 6) is 0.329. The predicted octanol–water partition coefficient (Wildman–Crippen LogP) is 4.13. The van der Waals surface area contributed by atoms with Crippen LogP contribution in [0, 0.1) is 11.3 Å². The Hall–Kier alpha value is -0.0800. The molecule has 0 spiro atoms. The van der Waals surface area contributed by atoms with Gasteiger partial charge >= 0.3 is 0 Å². The molecule has 0 saturated heterocycles. The summed E-state index contributed by atoms with van der Waals surface area (Å²) < 4.78 is 0. The highest BCUT2D eigenvalue weighted by Gasteiger charge is 2.40. The van der Waals surface area contributed by atoms with Crippen molar-refractivity contribution in [2.75, 3.05) is 0 Å². The van der Waals surface area contributed by atoms with Crippen molar-refractivity contribution in [2.45, 2.75) is 52.9 Å². The molecule has 2 nitrogen and oxygen atoms in total. The first-order valence-electron chi connectivity index (χ1n) is 5.78. The Morgan fingerprint density at radius 1 is 1.19 bits per heavy atom. The molecular weight excluding hydrogens is 247 g/mol. The third kappa shape index (κ3) is 4.42. The lowest BCUT2D eigenvalue weighted by atomic mass is 9.80. The van der Waals surface area contributed by atoms with Gasteiger partial charge in [0.05, 0.1) is 0 Å². The van der Waals surface area contributed by atoms with Crippen LogP contribution in [-0.4, -0.2) is 10.5 Å². The van der Waals surface area contributed by atoms with Gasteiger partial charge in [0.1, 0.15) is 5.41 Å². The molecule has 0 aromatic rings. The molecule has 16 heavy (non-hydrogen) atoms. The Morgan fingerprint density at radius 3 is 2.00 bits per heavy atom. The molecule has 0 rings (SSSR count). The van der Waals surface area contributed by atoms with Gasteiger partial charge in [-0.05, 0) is 42.5 Å². The van der Waals surface area contributed by atoms with Crippen LogP contribution in [0.2, 0.25) is 0 Å². The zero-order valence-electron chi connectivity index (χ0n) is 10.2. The lowest BCUT2D eigenvalue weighted by Crippen LogP contribution is -2.33. The first-order chi connectivity index (χ1) is 7.38. The molecule has 0 fully saturated rings. The fraction of sp³-hybridized carbons (Fsp3) is 0.833. The second-order valence-corrected chi connectivity index (χ2v) is 5.19. The SMILES string of the molecule is CCCCC(CC)CC(C)(C(=O)Cl)C(=O)Cl. The molecule has 0 N–H and O–H groups in total. The number of halogens is 2. The standard InChI is InChI=1S/C12H20Cl2O2/c1-4-6-7-9(5-2)8-12(3,10(13)15)11(14)16/h9H,4-8H2,1-3H3. The fourth-order valence-electron chi connectivity index (χ4n) is 1.76. The van der Waals surface area contributed by atoms with Crippen molar-refractivity contribution < 1.29 is 9.59 Å². The Morgan fingerprint density at radius 2 is 1.69 bits per heavy atom. The van der Waals surface area contributed by atoms with Crippen molar-refractivity contribution >= 4 is 33.7 Å². The van der Waals surface area contributed by atoms with Gasteiger partial charge in [-0.1, -0.05) is 39.5 Å². The molecule has 1 atom stereocenters. The van der Waals surface area contributed by atoms with Crippen LogP contribution in [0.3, 0.4) is 0 Å². The van der Waals surface area contributed by atoms with Crippen LogP contribution in [0.4, 0.5) is 0 Å². The second-order valence-electron chi connectivity index (χ2n) is 4.50. The fourth-order valence-corrected chi connectivity index (χ4v) is 2.13. The van der Waals surface area contributed by atoms with E-state index in [0.717, 1.165) is 25.7 Å². The van der Waals surface area contributed by atoms with Gasteiger partial charge in [-0.25, -0.2) is 0 Å². The van der Waals surface area contributed by atoms with E-state index >= 15 is 0 Å². The minimum Gasteiger partial charge on any atom is -0.280 e. The van der Waals surface area contributed by atoms with E-state index in [1.807, 2.05) is 0 Å². The summed E-state index contributed by atoms with van der Waals surface area (Å²) >= 11 is 10.9. The van der Waals surface area contributed by atoms with Crippen molar-refractivity contribution in [1.29, 1.82) is 0 Å². The molecule has 0 bridgehead atoms. The van der Waals surface area contributed by atoms with Crippen molar-refractivity contribution in [2.24, 2.45) is 11.3 Å². The van der Waals surface area contributed by atoms with Crippen molar-refractivity contribution in [3.05, 3.63) is 0 Å². The highest BCUT2D eigenvalue weighted by atomic mass is 35.5. The average molecular weight is 267 g/mol. The first-order valence-corrected chi connectivity index (χ1v) is 6.53. The minimum atomic E-state index is -1.22. The molecule has 1 unspecified atom stereocenters. The van der Waals surface area contributed by atoms with Crippen LogP contribution in [0.15, 0.2) is 0 Å². The summed E-state index contributed by atoms with van der Waals surface area (Å²) in [6, 6.07) is 0. The van der Waals surface area contributed by atoms with Gasteiger partial charge in [-0.2, -0.15) is 0 Å². The van der Waals surface area contributed by atoms with E-state index in [4.69, 9.17) is 23.2 Å². The topological polar surface area (TPSA) is 34.1 Å². The van der Waals surface area contributed by atoms with Crippen molar-refractivity contribution in [3.63, 3.8) is 0 Å². The number of unbranched alkanes of at least 4 members (excludes halogenated alkanes) is 1. The molecule has 4 heteroatoms. The van der Waals surface area contributed by atoms with Gasteiger partial charge in [-0.3, -0.25) is 9.59 Å². The maximum Gasteiger partial charge on any atom is 0.236 e. The Kier molecular flexibility index (Phi) is 7.25. The van der Waals surface area contributed by atoms with E-state index in [2.05, 4.69) is 13.8 Å². The largest absolute Gasteiger partial charge is 0.280 e. The Labute approximate surface area is 108 Å². The van der Waals surface area contributed by atoms with Crippen LogP contribution < -0.4 is 0 Å². The summed E-state index contributed by atoms with van der Waals surface area (Å²) in [7, 11) is 0. The van der Waals surface area contributed by atoms with Gasteiger partial charge in [0.25, 0.3) is 0 Å². The molecular formula is C12H20Cl2O2. The molecule has 0 aliphatic carbocycles. The van der Waals surface area contributed by atoms with E-state index in [1.165, 1.54) is 6.92 Å². The summed E-state index contributed by atoms with van der Waals surface area (Å²) in [5, 5.41) is -1.30. The predicted molar refractivity (Wildman–Crippen MR) is 67.8 cm³/mol. The molecule has 0 saturated carbocycles. The summed E-state index contributed by atoms with van der Waals surface area (Å²) in [5.41, 5.74) is -1.22. The summed E-state index contributed by atoms with van der Waals surface area (Å²) in [6.07, 6.45) is 4.60. The second kappa shape index (κ2) is 7.29. The molecule has 94 valence electrons. The lowest BCUT2D eigenvalue weighted by molar-refractivity contribution is -0.131. The molecule has 0 aromatic carbocycles. The van der Waals surface area contributed by atoms with Crippen LogP contribution >= 0.6 is 23.2 Å². The van der Waals surface area contributed by atoms with Gasteiger partial charge in [0.15, 0.2) is 0 Å². The molecule has 0 aliphatic heterocycles. The van der Waals surface area contributed by atoms with Crippen molar-refractivity contribution in [1.82, 2.24) is 0 Å². The highest BCUT2D eigenvalue weighted by Crippen LogP contribution is 2.34. The van der Waals surface area contributed by atoms with Gasteiger partial charge in [-0.15, -0.1) is 0 Å². The van der Waals surface area contributed by atoms with Crippen LogP contribution in [0.5, 0.6) is 0 Å². The monoisotopic (exact) mass is 266 g/mol. The van der Waals surface area contributed by atoms with Crippen LogP contribution in [-0.2, 0) is 9.59 Å². The zero-order valence-corrected chi connectivity index (χ0v) is 11.7. The Balaban J connectivity index is 4.60. The van der Waals surface area contributed by atoms with E-state index in [1.54, 1.807) is 0 Å². The molecule has 0 amide bonds. The average Bonchev–Trinajstić information content (AvgIpc) is 2.23.